The van der Waals surface area contributed by atoms with Crippen LogP contribution in [0.3, 0.4) is 0 Å². The summed E-state index contributed by atoms with van der Waals surface area (Å²) in [5.74, 6) is 2.16. The lowest BCUT2D eigenvalue weighted by molar-refractivity contribution is 0.204. The van der Waals surface area contributed by atoms with E-state index in [-0.39, 0.29) is 6.03 Å². The predicted octanol–water partition coefficient (Wildman–Crippen LogP) is 4.26. The molecule has 1 aromatic carbocycles. The summed E-state index contributed by atoms with van der Waals surface area (Å²) < 4.78 is 1.90. The number of nitrogens with zero attached hydrogens (tertiary/aromatic N) is 4. The Bertz CT molecular complexity index is 1140. The van der Waals surface area contributed by atoms with Gasteiger partial charge in [0.25, 0.3) is 0 Å². The average Bonchev–Trinajstić information content (AvgIpc) is 3.54. The van der Waals surface area contributed by atoms with Crippen molar-refractivity contribution in [2.75, 3.05) is 42.1 Å². The quantitative estimate of drug-likeness (QED) is 0.407. The van der Waals surface area contributed by atoms with Crippen molar-refractivity contribution in [3.8, 4) is 0 Å². The molecule has 9 nitrogen and oxygen atoms in total. The molecule has 1 aliphatic heterocycles. The molecule has 9 heteroatoms. The number of rotatable bonds is 7. The minimum atomic E-state index is -0.0431. The predicted molar refractivity (Wildman–Crippen MR) is 140 cm³/mol. The number of aromatic nitrogens is 3. The van der Waals surface area contributed by atoms with E-state index in [2.05, 4.69) is 46.3 Å². The van der Waals surface area contributed by atoms with Crippen molar-refractivity contribution in [3.63, 3.8) is 0 Å². The van der Waals surface area contributed by atoms with Crippen LogP contribution in [0.15, 0.2) is 36.5 Å². The number of amides is 2. The fourth-order valence-corrected chi connectivity index (χ4v) is 4.84. The second kappa shape index (κ2) is 10.5. The molecule has 1 saturated carbocycles. The van der Waals surface area contributed by atoms with Gasteiger partial charge in [0.15, 0.2) is 5.65 Å². The first-order chi connectivity index (χ1) is 17.1. The van der Waals surface area contributed by atoms with E-state index in [0.29, 0.717) is 18.5 Å². The highest BCUT2D eigenvalue weighted by Crippen LogP contribution is 2.27. The molecule has 2 fully saturated rings. The summed E-state index contributed by atoms with van der Waals surface area (Å²) >= 11 is 0. The molecule has 0 unspecified atom stereocenters. The van der Waals surface area contributed by atoms with Gasteiger partial charge in [-0.15, -0.1) is 0 Å². The molecule has 4 N–H and O–H groups in total. The summed E-state index contributed by atoms with van der Waals surface area (Å²) in [4.78, 5) is 19.2. The average molecular weight is 477 g/mol. The van der Waals surface area contributed by atoms with Gasteiger partial charge in [0, 0.05) is 56.1 Å². The van der Waals surface area contributed by atoms with Crippen molar-refractivity contribution < 1.29 is 4.79 Å². The minimum Gasteiger partial charge on any atom is -0.367 e. The zero-order valence-corrected chi connectivity index (χ0v) is 20.7. The number of piperazine rings is 1. The van der Waals surface area contributed by atoms with Gasteiger partial charge in [0.1, 0.15) is 11.6 Å². The van der Waals surface area contributed by atoms with Gasteiger partial charge in [-0.3, -0.25) is 0 Å². The van der Waals surface area contributed by atoms with E-state index in [1.54, 1.807) is 0 Å². The van der Waals surface area contributed by atoms with Crippen LogP contribution in [0.2, 0.25) is 0 Å². The highest BCUT2D eigenvalue weighted by molar-refractivity contribution is 5.89. The maximum Gasteiger partial charge on any atom is 0.321 e. The Morgan fingerprint density at radius 1 is 1.14 bits per heavy atom. The number of fused-ring (bicyclic) bond motifs is 1. The number of nitrogens with one attached hydrogen (secondary N) is 4. The summed E-state index contributed by atoms with van der Waals surface area (Å²) in [6.07, 6.45) is 6.88. The van der Waals surface area contributed by atoms with Gasteiger partial charge < -0.3 is 26.2 Å². The summed E-state index contributed by atoms with van der Waals surface area (Å²) in [6, 6.07) is 10.5. The van der Waals surface area contributed by atoms with Crippen LogP contribution in [0.1, 0.15) is 56.6 Å². The monoisotopic (exact) mass is 476 g/mol. The third-order valence-electron chi connectivity index (χ3n) is 6.91. The first-order valence-electron chi connectivity index (χ1n) is 12.8. The largest absolute Gasteiger partial charge is 0.367 e. The van der Waals surface area contributed by atoms with Crippen LogP contribution >= 0.6 is 0 Å². The van der Waals surface area contributed by atoms with Gasteiger partial charge in [0.2, 0.25) is 0 Å². The Morgan fingerprint density at radius 3 is 2.60 bits per heavy atom. The summed E-state index contributed by atoms with van der Waals surface area (Å²) in [5.41, 5.74) is 3.97. The second-order valence-corrected chi connectivity index (χ2v) is 9.86. The normalized spacial score (nSPS) is 16.7. The molecule has 2 amide bonds. The zero-order valence-electron chi connectivity index (χ0n) is 20.7. The van der Waals surface area contributed by atoms with E-state index >= 15 is 0 Å². The summed E-state index contributed by atoms with van der Waals surface area (Å²) in [7, 11) is 0. The molecule has 0 spiro atoms. The van der Waals surface area contributed by atoms with Crippen molar-refractivity contribution in [2.45, 2.75) is 58.0 Å². The fourth-order valence-electron chi connectivity index (χ4n) is 4.84. The molecule has 2 aromatic heterocycles. The first kappa shape index (κ1) is 23.4. The lowest BCUT2D eigenvalue weighted by Crippen LogP contribution is -2.48. The standard InChI is InChI=1S/C26H36N8O/c1-18(2)22-17-29-34-24(15-23(32-25(22)34)30-20-5-3-4-6-20)28-16-19-7-9-21(10-8-19)31-26(35)33-13-11-27-12-14-33/h7-10,15,17-18,20,27-28H,3-6,11-14,16H2,1-2H3,(H,30,32)(H,31,35). The van der Waals surface area contributed by atoms with E-state index in [4.69, 9.17) is 4.98 Å². The maximum atomic E-state index is 12.4. The van der Waals surface area contributed by atoms with Gasteiger partial charge in [-0.2, -0.15) is 9.61 Å². The van der Waals surface area contributed by atoms with Crippen LogP contribution in [0.5, 0.6) is 0 Å². The Labute approximate surface area is 206 Å². The van der Waals surface area contributed by atoms with Gasteiger partial charge in [-0.05, 0) is 36.5 Å². The van der Waals surface area contributed by atoms with Crippen molar-refractivity contribution in [2.24, 2.45) is 0 Å². The van der Waals surface area contributed by atoms with Crippen LogP contribution in [-0.2, 0) is 6.54 Å². The molecular formula is C26H36N8O. The SMILES string of the molecule is CC(C)c1cnn2c(NCc3ccc(NC(=O)N4CCNCC4)cc3)cc(NC3CCCC3)nc12. The lowest BCUT2D eigenvalue weighted by Gasteiger charge is -2.27. The molecule has 0 radical (unpaired) electrons. The van der Waals surface area contributed by atoms with Crippen LogP contribution < -0.4 is 21.3 Å². The molecule has 186 valence electrons. The maximum absolute atomic E-state index is 12.4. The van der Waals surface area contributed by atoms with E-state index < -0.39 is 0 Å². The second-order valence-electron chi connectivity index (χ2n) is 9.86. The summed E-state index contributed by atoms with van der Waals surface area (Å²) in [6.45, 7) is 8.14. The molecule has 1 aliphatic carbocycles. The Morgan fingerprint density at radius 2 is 1.89 bits per heavy atom. The smallest absolute Gasteiger partial charge is 0.321 e. The highest BCUT2D eigenvalue weighted by atomic mass is 16.2. The zero-order chi connectivity index (χ0) is 24.2. The van der Waals surface area contributed by atoms with Crippen molar-refractivity contribution >= 4 is 29.0 Å². The molecular weight excluding hydrogens is 440 g/mol. The lowest BCUT2D eigenvalue weighted by atomic mass is 10.1. The van der Waals surface area contributed by atoms with Crippen molar-refractivity contribution in [1.29, 1.82) is 0 Å². The number of benzene rings is 1. The van der Waals surface area contributed by atoms with Crippen LogP contribution in [-0.4, -0.2) is 57.7 Å². The molecule has 2 aliphatic rings. The van der Waals surface area contributed by atoms with E-state index in [1.165, 1.54) is 25.7 Å². The van der Waals surface area contributed by atoms with Gasteiger partial charge in [0.05, 0.1) is 6.20 Å². The highest BCUT2D eigenvalue weighted by Gasteiger charge is 2.19. The number of hydrogen-bond donors (Lipinski definition) is 4. The molecule has 0 bridgehead atoms. The van der Waals surface area contributed by atoms with E-state index in [9.17, 15) is 4.79 Å². The van der Waals surface area contributed by atoms with Crippen LogP contribution in [0.25, 0.3) is 5.65 Å². The first-order valence-corrected chi connectivity index (χ1v) is 12.8. The Balaban J connectivity index is 1.28. The molecule has 0 atom stereocenters. The Hall–Kier alpha value is -3.33. The van der Waals surface area contributed by atoms with Gasteiger partial charge >= 0.3 is 6.03 Å². The number of carbonyl (C=O) groups excluding carboxylic acids is 1. The number of hydrogen-bond acceptors (Lipinski definition) is 6. The summed E-state index contributed by atoms with van der Waals surface area (Å²) in [5, 5.41) is 18.1. The number of anilines is 3. The van der Waals surface area contributed by atoms with Crippen molar-refractivity contribution in [1.82, 2.24) is 24.8 Å². The Kier molecular flexibility index (Phi) is 7.03. The number of carbonyl (C=O) groups is 1. The fraction of sp³-hybridized carbons (Fsp3) is 0.500. The van der Waals surface area contributed by atoms with Gasteiger partial charge in [-0.25, -0.2) is 9.78 Å². The molecule has 5 rings (SSSR count). The topological polar surface area (TPSA) is 98.6 Å². The van der Waals surface area contributed by atoms with Crippen LogP contribution in [0.4, 0.5) is 22.1 Å². The third kappa shape index (κ3) is 5.51. The molecule has 1 saturated heterocycles. The third-order valence-corrected chi connectivity index (χ3v) is 6.91. The van der Waals surface area contributed by atoms with E-state index in [1.807, 2.05) is 39.9 Å². The van der Waals surface area contributed by atoms with Crippen LogP contribution in [0, 0.1) is 0 Å². The molecule has 3 heterocycles. The molecule has 3 aromatic rings. The molecule has 35 heavy (non-hydrogen) atoms. The number of urea groups is 1. The minimum absolute atomic E-state index is 0.0431. The van der Waals surface area contributed by atoms with Crippen molar-refractivity contribution in [3.05, 3.63) is 47.7 Å². The van der Waals surface area contributed by atoms with E-state index in [0.717, 1.165) is 60.3 Å². The van der Waals surface area contributed by atoms with Gasteiger partial charge in [-0.1, -0.05) is 38.8 Å².